The molecule has 1 unspecified atom stereocenters. The molecule has 5 heteroatoms. The van der Waals surface area contributed by atoms with Gasteiger partial charge in [-0.05, 0) is 18.9 Å². The zero-order valence-electron chi connectivity index (χ0n) is 11.1. The second kappa shape index (κ2) is 5.33. The second-order valence-corrected chi connectivity index (χ2v) is 4.28. The quantitative estimate of drug-likeness (QED) is 0.424. The minimum Gasteiger partial charge on any atom is -0.440 e. The molecule has 18 heavy (non-hydrogen) atoms. The largest absolute Gasteiger partial charge is 0.440 e. The van der Waals surface area contributed by atoms with Crippen molar-refractivity contribution < 1.29 is 19.1 Å². The van der Waals surface area contributed by atoms with Gasteiger partial charge < -0.3 is 4.74 Å². The van der Waals surface area contributed by atoms with Gasteiger partial charge in [-0.2, -0.15) is 0 Å². The number of carbonyl (C=O) groups is 3. The molecule has 1 atom stereocenters. The number of hydrogen-bond donors (Lipinski definition) is 0. The molecule has 1 saturated heterocycles. The van der Waals surface area contributed by atoms with E-state index in [9.17, 15) is 14.4 Å². The summed E-state index contributed by atoms with van der Waals surface area (Å²) in [4.78, 5) is 36.1. The van der Waals surface area contributed by atoms with Crippen LogP contribution < -0.4 is 0 Å². The summed E-state index contributed by atoms with van der Waals surface area (Å²) >= 11 is 0. The van der Waals surface area contributed by atoms with E-state index in [1.165, 1.54) is 0 Å². The zero-order chi connectivity index (χ0) is 13.9. The Morgan fingerprint density at radius 1 is 1.39 bits per heavy atom. The van der Waals surface area contributed by atoms with Crippen LogP contribution in [0.1, 0.15) is 40.0 Å². The van der Waals surface area contributed by atoms with E-state index in [4.69, 9.17) is 4.74 Å². The third-order valence-electron chi connectivity index (χ3n) is 3.56. The monoisotopic (exact) mass is 253 g/mol. The van der Waals surface area contributed by atoms with Crippen LogP contribution in [0.2, 0.25) is 0 Å². The van der Waals surface area contributed by atoms with Crippen LogP contribution in [0.25, 0.3) is 0 Å². The van der Waals surface area contributed by atoms with Crippen LogP contribution >= 0.6 is 0 Å². The van der Waals surface area contributed by atoms with Gasteiger partial charge in [-0.15, -0.1) is 0 Å². The fraction of sp³-hybridized carbons (Fsp3) is 0.615. The lowest BCUT2D eigenvalue weighted by atomic mass is 9.71. The molecule has 0 aromatic rings. The van der Waals surface area contributed by atoms with E-state index >= 15 is 0 Å². The molecule has 5 nitrogen and oxygen atoms in total. The molecule has 0 radical (unpaired) electrons. The Kier molecular flexibility index (Phi) is 4.27. The Labute approximate surface area is 107 Å². The highest BCUT2D eigenvalue weighted by Gasteiger charge is 2.62. The fourth-order valence-corrected chi connectivity index (χ4v) is 2.22. The first-order valence-electron chi connectivity index (χ1n) is 6.18. The molecule has 1 aliphatic heterocycles. The highest BCUT2D eigenvalue weighted by atomic mass is 16.6. The van der Waals surface area contributed by atoms with Crippen molar-refractivity contribution in [1.29, 1.82) is 0 Å². The van der Waals surface area contributed by atoms with Gasteiger partial charge in [0.2, 0.25) is 5.91 Å². The number of likely N-dealkylation sites (tertiary alicyclic amines) is 1. The maximum Gasteiger partial charge on any atom is 0.307 e. The average Bonchev–Trinajstić information content (AvgIpc) is 2.39. The van der Waals surface area contributed by atoms with E-state index in [0.717, 1.165) is 11.0 Å². The first-order chi connectivity index (χ1) is 8.48. The van der Waals surface area contributed by atoms with Gasteiger partial charge in [-0.25, -0.2) is 4.90 Å². The summed E-state index contributed by atoms with van der Waals surface area (Å²) in [6, 6.07) is 0. The maximum absolute atomic E-state index is 12.1. The van der Waals surface area contributed by atoms with Gasteiger partial charge in [-0.1, -0.05) is 27.4 Å². The molecule has 0 saturated carbocycles. The lowest BCUT2D eigenvalue weighted by Gasteiger charge is -2.52. The molecular weight excluding hydrogens is 234 g/mol. The molecule has 2 amide bonds. The third-order valence-corrected chi connectivity index (χ3v) is 3.56. The fourth-order valence-electron chi connectivity index (χ4n) is 2.22. The Morgan fingerprint density at radius 3 is 2.33 bits per heavy atom. The second-order valence-electron chi connectivity index (χ2n) is 4.28. The smallest absolute Gasteiger partial charge is 0.307 e. The summed E-state index contributed by atoms with van der Waals surface area (Å²) in [7, 11) is 0. The number of nitrogens with zero attached hydrogens (tertiary/aromatic N) is 1. The van der Waals surface area contributed by atoms with E-state index in [1.54, 1.807) is 6.92 Å². The van der Waals surface area contributed by atoms with E-state index in [-0.39, 0.29) is 12.3 Å². The number of amides is 2. The van der Waals surface area contributed by atoms with Crippen LogP contribution in [0.3, 0.4) is 0 Å². The van der Waals surface area contributed by atoms with Crippen LogP contribution in [-0.2, 0) is 19.1 Å². The van der Waals surface area contributed by atoms with E-state index < -0.39 is 23.5 Å². The molecule has 0 bridgehead atoms. The van der Waals surface area contributed by atoms with E-state index in [1.807, 2.05) is 13.8 Å². The predicted molar refractivity (Wildman–Crippen MR) is 65.2 cm³/mol. The molecule has 0 aliphatic carbocycles. The van der Waals surface area contributed by atoms with Crippen molar-refractivity contribution in [3.63, 3.8) is 0 Å². The van der Waals surface area contributed by atoms with Crippen LogP contribution in [0, 0.1) is 5.41 Å². The highest BCUT2D eigenvalue weighted by molar-refractivity contribution is 6.07. The van der Waals surface area contributed by atoms with Crippen LogP contribution in [-0.4, -0.2) is 28.9 Å². The average molecular weight is 253 g/mol. The molecule has 0 N–H and O–H groups in total. The van der Waals surface area contributed by atoms with E-state index in [0.29, 0.717) is 12.8 Å². The lowest BCUT2D eigenvalue weighted by Crippen LogP contribution is -2.71. The number of carbonyl (C=O) groups excluding carboxylic acids is 3. The number of β-lactam (4-membered cyclic amide) rings is 1. The summed E-state index contributed by atoms with van der Waals surface area (Å²) in [6.45, 7) is 8.72. The number of esters is 1. The third kappa shape index (κ3) is 1.94. The zero-order valence-corrected chi connectivity index (χ0v) is 11.1. The molecule has 100 valence electrons. The predicted octanol–water partition coefficient (Wildman–Crippen LogP) is 1.63. The molecular formula is C13H19NO4. The topological polar surface area (TPSA) is 63.7 Å². The first kappa shape index (κ1) is 14.4. The minimum atomic E-state index is -0.794. The number of rotatable bonds is 5. The van der Waals surface area contributed by atoms with Gasteiger partial charge in [0, 0.05) is 6.42 Å². The van der Waals surface area contributed by atoms with Crippen LogP contribution in [0.5, 0.6) is 0 Å². The standard InChI is InChI=1S/C13H19NO4/c1-5-9(15)14-11(17)13(7-3,8-4)12(14)18-10(16)6-2/h5,12H,1,6-8H2,2-4H3. The summed E-state index contributed by atoms with van der Waals surface area (Å²) in [5.41, 5.74) is -0.760. The normalized spacial score (nSPS) is 21.2. The van der Waals surface area contributed by atoms with Crippen molar-refractivity contribution in [2.75, 3.05) is 0 Å². The first-order valence-corrected chi connectivity index (χ1v) is 6.18. The maximum atomic E-state index is 12.1. The van der Waals surface area contributed by atoms with Gasteiger partial charge in [0.1, 0.15) is 5.41 Å². The summed E-state index contributed by atoms with van der Waals surface area (Å²) in [5, 5.41) is 0. The molecule has 0 aromatic carbocycles. The van der Waals surface area contributed by atoms with Gasteiger partial charge >= 0.3 is 5.97 Å². The molecule has 0 aromatic heterocycles. The van der Waals surface area contributed by atoms with Crippen molar-refractivity contribution in [2.24, 2.45) is 5.41 Å². The van der Waals surface area contributed by atoms with Crippen molar-refractivity contribution >= 4 is 17.8 Å². The van der Waals surface area contributed by atoms with Crippen molar-refractivity contribution in [3.8, 4) is 0 Å². The Bertz CT molecular complexity index is 384. The number of imide groups is 1. The van der Waals surface area contributed by atoms with Crippen molar-refractivity contribution in [1.82, 2.24) is 4.90 Å². The van der Waals surface area contributed by atoms with Crippen molar-refractivity contribution in [3.05, 3.63) is 12.7 Å². The molecule has 0 spiro atoms. The summed E-state index contributed by atoms with van der Waals surface area (Å²) in [5.74, 6) is -1.22. The Morgan fingerprint density at radius 2 is 1.94 bits per heavy atom. The highest BCUT2D eigenvalue weighted by Crippen LogP contribution is 2.45. The number of hydrogen-bond acceptors (Lipinski definition) is 4. The van der Waals surface area contributed by atoms with Gasteiger partial charge in [0.05, 0.1) is 0 Å². The SMILES string of the molecule is C=CC(=O)N1C(=O)C(CC)(CC)C1OC(=O)CC. The van der Waals surface area contributed by atoms with Crippen LogP contribution in [0.4, 0.5) is 0 Å². The van der Waals surface area contributed by atoms with Crippen LogP contribution in [0.15, 0.2) is 12.7 Å². The molecule has 1 heterocycles. The van der Waals surface area contributed by atoms with Crippen molar-refractivity contribution in [2.45, 2.75) is 46.3 Å². The van der Waals surface area contributed by atoms with Gasteiger partial charge in [0.15, 0.2) is 6.23 Å². The molecule has 1 fully saturated rings. The lowest BCUT2D eigenvalue weighted by molar-refractivity contribution is -0.220. The summed E-state index contributed by atoms with van der Waals surface area (Å²) in [6.07, 6.45) is 1.54. The Balaban J connectivity index is 3.01. The number of ether oxygens (including phenoxy) is 1. The van der Waals surface area contributed by atoms with Gasteiger partial charge in [-0.3, -0.25) is 14.4 Å². The molecule has 1 rings (SSSR count). The molecule has 1 aliphatic rings. The summed E-state index contributed by atoms with van der Waals surface area (Å²) < 4.78 is 5.24. The van der Waals surface area contributed by atoms with E-state index in [2.05, 4.69) is 6.58 Å². The minimum absolute atomic E-state index is 0.213. The Hall–Kier alpha value is -1.65. The van der Waals surface area contributed by atoms with Gasteiger partial charge in [0.25, 0.3) is 5.91 Å².